The van der Waals surface area contributed by atoms with E-state index >= 15 is 0 Å². The number of amides is 1. The Morgan fingerprint density at radius 1 is 1.69 bits per heavy atom. The first-order valence-corrected chi connectivity index (χ1v) is 6.49. The molecule has 4 nitrogen and oxygen atoms in total. The number of aromatic nitrogens is 1. The maximum absolute atomic E-state index is 11.6. The summed E-state index contributed by atoms with van der Waals surface area (Å²) in [5.41, 5.74) is 8.61. The molecule has 16 heavy (non-hydrogen) atoms. The Labute approximate surface area is 100 Å². The van der Waals surface area contributed by atoms with Crippen molar-refractivity contribution in [3.8, 4) is 0 Å². The highest BCUT2D eigenvalue weighted by Gasteiger charge is 2.18. The van der Waals surface area contributed by atoms with Crippen molar-refractivity contribution in [2.24, 2.45) is 11.7 Å². The smallest absolute Gasteiger partial charge is 0.237 e. The van der Waals surface area contributed by atoms with Crippen molar-refractivity contribution in [1.82, 2.24) is 10.3 Å². The fourth-order valence-corrected chi connectivity index (χ4v) is 1.90. The number of rotatable bonds is 6. The van der Waals surface area contributed by atoms with Crippen molar-refractivity contribution in [3.05, 3.63) is 16.6 Å². The van der Waals surface area contributed by atoms with E-state index in [0.717, 1.165) is 18.5 Å². The number of carbonyl (C=O) groups excluding carboxylic acids is 1. The molecule has 1 heterocycles. The molecule has 90 valence electrons. The van der Waals surface area contributed by atoms with E-state index < -0.39 is 6.04 Å². The zero-order chi connectivity index (χ0) is 12.0. The van der Waals surface area contributed by atoms with Crippen LogP contribution in [0, 0.1) is 5.92 Å². The van der Waals surface area contributed by atoms with E-state index in [0.29, 0.717) is 6.54 Å². The molecule has 0 aliphatic rings. The fraction of sp³-hybridized carbons (Fsp3) is 0.636. The van der Waals surface area contributed by atoms with Gasteiger partial charge in [0.15, 0.2) is 0 Å². The van der Waals surface area contributed by atoms with E-state index in [2.05, 4.69) is 10.3 Å². The SMILES string of the molecule is CCC(C)[C@H](N)C(=O)NCCc1cscn1. The molecule has 0 aliphatic carbocycles. The van der Waals surface area contributed by atoms with Gasteiger partial charge in [0.05, 0.1) is 17.2 Å². The zero-order valence-electron chi connectivity index (χ0n) is 9.77. The Balaban J connectivity index is 2.24. The standard InChI is InChI=1S/C11H19N3OS/c1-3-8(2)10(12)11(15)13-5-4-9-6-16-7-14-9/h6-8,10H,3-5,12H2,1-2H3,(H,13,15)/t8?,10-/m0/s1. The number of nitrogens with two attached hydrogens (primary N) is 1. The maximum Gasteiger partial charge on any atom is 0.237 e. The molecule has 1 amide bonds. The number of nitrogens with one attached hydrogen (secondary N) is 1. The van der Waals surface area contributed by atoms with Crippen molar-refractivity contribution >= 4 is 17.2 Å². The summed E-state index contributed by atoms with van der Waals surface area (Å²) in [6, 6.07) is -0.402. The second-order valence-electron chi connectivity index (χ2n) is 3.93. The minimum absolute atomic E-state index is 0.0652. The largest absolute Gasteiger partial charge is 0.354 e. The van der Waals surface area contributed by atoms with Crippen molar-refractivity contribution in [2.75, 3.05) is 6.54 Å². The Hall–Kier alpha value is -0.940. The van der Waals surface area contributed by atoms with Gasteiger partial charge in [0.2, 0.25) is 5.91 Å². The number of thiazole rings is 1. The lowest BCUT2D eigenvalue weighted by Gasteiger charge is -2.17. The summed E-state index contributed by atoms with van der Waals surface area (Å²) in [7, 11) is 0. The first-order chi connectivity index (χ1) is 7.65. The minimum atomic E-state index is -0.402. The molecule has 0 radical (unpaired) electrons. The highest BCUT2D eigenvalue weighted by atomic mass is 32.1. The van der Waals surface area contributed by atoms with Gasteiger partial charge in [0.25, 0.3) is 0 Å². The molecule has 1 aromatic heterocycles. The average molecular weight is 241 g/mol. The molecule has 0 spiro atoms. The van der Waals surface area contributed by atoms with Crippen LogP contribution in [0.25, 0.3) is 0 Å². The molecule has 0 bridgehead atoms. The van der Waals surface area contributed by atoms with Gasteiger partial charge >= 0.3 is 0 Å². The van der Waals surface area contributed by atoms with Gasteiger partial charge in [-0.1, -0.05) is 20.3 Å². The van der Waals surface area contributed by atoms with Gasteiger partial charge in [-0.05, 0) is 5.92 Å². The quantitative estimate of drug-likeness (QED) is 0.785. The monoisotopic (exact) mass is 241 g/mol. The van der Waals surface area contributed by atoms with Gasteiger partial charge in [-0.15, -0.1) is 11.3 Å². The van der Waals surface area contributed by atoms with Gasteiger partial charge in [-0.25, -0.2) is 4.98 Å². The van der Waals surface area contributed by atoms with Gasteiger partial charge in [0.1, 0.15) is 0 Å². The third-order valence-corrected chi connectivity index (χ3v) is 3.36. The number of carbonyl (C=O) groups is 1. The van der Waals surface area contributed by atoms with Crippen molar-refractivity contribution in [3.63, 3.8) is 0 Å². The Morgan fingerprint density at radius 3 is 3.00 bits per heavy atom. The van der Waals surface area contributed by atoms with Crippen LogP contribution in [0.15, 0.2) is 10.9 Å². The minimum Gasteiger partial charge on any atom is -0.354 e. The summed E-state index contributed by atoms with van der Waals surface area (Å²) in [6.45, 7) is 4.63. The normalized spacial score (nSPS) is 14.4. The highest BCUT2D eigenvalue weighted by molar-refractivity contribution is 7.07. The molecule has 2 atom stereocenters. The van der Waals surface area contributed by atoms with Gasteiger partial charge in [-0.3, -0.25) is 4.79 Å². The van der Waals surface area contributed by atoms with Gasteiger partial charge in [0, 0.05) is 18.3 Å². The second kappa shape index (κ2) is 6.60. The van der Waals surface area contributed by atoms with E-state index in [1.165, 1.54) is 0 Å². The molecule has 0 aliphatic heterocycles. The molecule has 3 N–H and O–H groups in total. The second-order valence-corrected chi connectivity index (χ2v) is 4.65. The topological polar surface area (TPSA) is 68.0 Å². The molecule has 5 heteroatoms. The molecule has 0 saturated carbocycles. The predicted molar refractivity (Wildman–Crippen MR) is 66.3 cm³/mol. The summed E-state index contributed by atoms with van der Waals surface area (Å²) in [4.78, 5) is 15.8. The van der Waals surface area contributed by atoms with Crippen LogP contribution in [0.2, 0.25) is 0 Å². The molecular formula is C11H19N3OS. The molecule has 1 aromatic rings. The van der Waals surface area contributed by atoms with Crippen LogP contribution < -0.4 is 11.1 Å². The van der Waals surface area contributed by atoms with E-state index in [9.17, 15) is 4.79 Å². The predicted octanol–water partition coefficient (Wildman–Crippen LogP) is 1.18. The average Bonchev–Trinajstić information content (AvgIpc) is 2.79. The van der Waals surface area contributed by atoms with Crippen LogP contribution >= 0.6 is 11.3 Å². The number of nitrogens with zero attached hydrogens (tertiary/aromatic N) is 1. The fourth-order valence-electron chi connectivity index (χ4n) is 1.30. The van der Waals surface area contributed by atoms with Crippen LogP contribution in [0.4, 0.5) is 0 Å². The first kappa shape index (κ1) is 13.1. The third-order valence-electron chi connectivity index (χ3n) is 2.72. The van der Waals surface area contributed by atoms with Crippen molar-refractivity contribution < 1.29 is 4.79 Å². The van der Waals surface area contributed by atoms with E-state index in [1.54, 1.807) is 16.8 Å². The summed E-state index contributed by atoms with van der Waals surface area (Å²) >= 11 is 1.56. The lowest BCUT2D eigenvalue weighted by molar-refractivity contribution is -0.123. The molecule has 0 saturated heterocycles. The Morgan fingerprint density at radius 2 is 2.44 bits per heavy atom. The van der Waals surface area contributed by atoms with Crippen LogP contribution in [0.3, 0.4) is 0 Å². The molecule has 1 unspecified atom stereocenters. The Bertz CT molecular complexity index is 313. The summed E-state index contributed by atoms with van der Waals surface area (Å²) in [5.74, 6) is 0.156. The van der Waals surface area contributed by atoms with Crippen LogP contribution in [0.5, 0.6) is 0 Å². The molecule has 0 fully saturated rings. The van der Waals surface area contributed by atoms with Crippen molar-refractivity contribution in [2.45, 2.75) is 32.7 Å². The molecule has 1 rings (SSSR count). The lowest BCUT2D eigenvalue weighted by atomic mass is 9.99. The molecular weight excluding hydrogens is 222 g/mol. The van der Waals surface area contributed by atoms with Gasteiger partial charge < -0.3 is 11.1 Å². The maximum atomic E-state index is 11.6. The van der Waals surface area contributed by atoms with E-state index in [-0.39, 0.29) is 11.8 Å². The zero-order valence-corrected chi connectivity index (χ0v) is 10.6. The first-order valence-electron chi connectivity index (χ1n) is 5.55. The highest BCUT2D eigenvalue weighted by Crippen LogP contribution is 2.05. The van der Waals surface area contributed by atoms with Crippen LogP contribution in [-0.4, -0.2) is 23.5 Å². The molecule has 0 aromatic carbocycles. The lowest BCUT2D eigenvalue weighted by Crippen LogP contribution is -2.45. The van der Waals surface area contributed by atoms with Crippen LogP contribution in [-0.2, 0) is 11.2 Å². The summed E-state index contributed by atoms with van der Waals surface area (Å²) < 4.78 is 0. The number of hydrogen-bond donors (Lipinski definition) is 2. The number of hydrogen-bond acceptors (Lipinski definition) is 4. The summed E-state index contributed by atoms with van der Waals surface area (Å²) in [5, 5.41) is 4.82. The van der Waals surface area contributed by atoms with Gasteiger partial charge in [-0.2, -0.15) is 0 Å². The third kappa shape index (κ3) is 3.90. The van der Waals surface area contributed by atoms with Crippen LogP contribution in [0.1, 0.15) is 26.0 Å². The Kier molecular flexibility index (Phi) is 5.42. The summed E-state index contributed by atoms with van der Waals surface area (Å²) in [6.07, 6.45) is 1.68. The van der Waals surface area contributed by atoms with E-state index in [4.69, 9.17) is 5.73 Å². The van der Waals surface area contributed by atoms with Crippen molar-refractivity contribution in [1.29, 1.82) is 0 Å². The van der Waals surface area contributed by atoms with E-state index in [1.807, 2.05) is 19.2 Å².